The van der Waals surface area contributed by atoms with Crippen LogP contribution in [0.2, 0.25) is 0 Å². The molecule has 0 fully saturated rings. The Kier molecular flexibility index (Phi) is 4.21. The Labute approximate surface area is 169 Å². The predicted molar refractivity (Wildman–Crippen MR) is 118 cm³/mol. The molecular weight excluding hydrogens is 360 g/mol. The summed E-state index contributed by atoms with van der Waals surface area (Å²) in [6, 6.07) is 20.7. The number of rotatable bonds is 5. The van der Waals surface area contributed by atoms with Gasteiger partial charge in [-0.1, -0.05) is 30.3 Å². The van der Waals surface area contributed by atoms with Crippen LogP contribution in [-0.4, -0.2) is 21.6 Å². The van der Waals surface area contributed by atoms with Crippen LogP contribution in [0.4, 0.5) is 5.69 Å². The minimum absolute atomic E-state index is 0.770. The van der Waals surface area contributed by atoms with E-state index in [4.69, 9.17) is 4.74 Å². The summed E-state index contributed by atoms with van der Waals surface area (Å²) in [5, 5.41) is 5.78. The highest BCUT2D eigenvalue weighted by Crippen LogP contribution is 2.35. The van der Waals surface area contributed by atoms with Gasteiger partial charge in [0.1, 0.15) is 11.4 Å². The van der Waals surface area contributed by atoms with E-state index in [9.17, 15) is 0 Å². The van der Waals surface area contributed by atoms with Crippen LogP contribution < -0.4 is 10.1 Å². The average Bonchev–Trinajstić information content (AvgIpc) is 3.34. The number of nitrogens with zero attached hydrogens (tertiary/aromatic N) is 2. The molecule has 144 valence electrons. The van der Waals surface area contributed by atoms with Crippen LogP contribution in [0, 0.1) is 0 Å². The Morgan fingerprint density at radius 2 is 1.90 bits per heavy atom. The van der Waals surface area contributed by atoms with Gasteiger partial charge in [0.15, 0.2) is 0 Å². The highest BCUT2D eigenvalue weighted by Gasteiger charge is 2.14. The third kappa shape index (κ3) is 3.10. The first kappa shape index (κ1) is 17.4. The summed E-state index contributed by atoms with van der Waals surface area (Å²) in [4.78, 5) is 8.02. The largest absolute Gasteiger partial charge is 0.497 e. The molecule has 5 rings (SSSR count). The number of pyridine rings is 1. The van der Waals surface area contributed by atoms with Crippen molar-refractivity contribution in [2.45, 2.75) is 6.54 Å². The van der Waals surface area contributed by atoms with Crippen molar-refractivity contribution >= 4 is 27.6 Å². The van der Waals surface area contributed by atoms with Gasteiger partial charge >= 0.3 is 0 Å². The van der Waals surface area contributed by atoms with Gasteiger partial charge in [-0.25, -0.2) is 4.98 Å². The quantitative estimate of drug-likeness (QED) is 0.431. The highest BCUT2D eigenvalue weighted by molar-refractivity contribution is 6.00. The first-order valence-corrected chi connectivity index (χ1v) is 9.62. The number of aromatic nitrogens is 3. The number of ether oxygens (including phenoxy) is 1. The van der Waals surface area contributed by atoms with E-state index in [2.05, 4.69) is 75.6 Å². The zero-order valence-electron chi connectivity index (χ0n) is 16.4. The molecule has 0 amide bonds. The van der Waals surface area contributed by atoms with E-state index in [-0.39, 0.29) is 0 Å². The summed E-state index contributed by atoms with van der Waals surface area (Å²) in [5.41, 5.74) is 6.52. The summed E-state index contributed by atoms with van der Waals surface area (Å²) in [6.07, 6.45) is 3.98. The van der Waals surface area contributed by atoms with Gasteiger partial charge in [-0.05, 0) is 35.9 Å². The lowest BCUT2D eigenvalue weighted by Gasteiger charge is -2.07. The number of aryl methyl sites for hydroxylation is 1. The Balaban J connectivity index is 1.56. The number of benzene rings is 2. The fourth-order valence-electron chi connectivity index (χ4n) is 3.83. The molecule has 0 atom stereocenters. The van der Waals surface area contributed by atoms with Crippen LogP contribution in [0.1, 0.15) is 5.56 Å². The molecule has 0 aliphatic heterocycles. The number of anilines is 1. The zero-order chi connectivity index (χ0) is 19.8. The van der Waals surface area contributed by atoms with Gasteiger partial charge in [-0.15, -0.1) is 0 Å². The van der Waals surface area contributed by atoms with Crippen molar-refractivity contribution in [3.63, 3.8) is 0 Å². The SMILES string of the molecule is COc1ccc2c(c1)c(-c1cc3c(NCc4ccccc4)ccnc3[nH]1)cn2C. The Morgan fingerprint density at radius 3 is 2.72 bits per heavy atom. The van der Waals surface area contributed by atoms with Crippen LogP contribution in [0.25, 0.3) is 33.2 Å². The van der Waals surface area contributed by atoms with Crippen LogP contribution >= 0.6 is 0 Å². The third-order valence-corrected chi connectivity index (χ3v) is 5.34. The fraction of sp³-hybridized carbons (Fsp3) is 0.125. The molecule has 0 spiro atoms. The van der Waals surface area contributed by atoms with Gasteiger partial charge in [0.05, 0.1) is 7.11 Å². The minimum atomic E-state index is 0.770. The van der Waals surface area contributed by atoms with Gasteiger partial charge in [0, 0.05) is 59.2 Å². The summed E-state index contributed by atoms with van der Waals surface area (Å²) >= 11 is 0. The number of aromatic amines is 1. The van der Waals surface area contributed by atoms with Crippen molar-refractivity contribution in [3.8, 4) is 17.0 Å². The number of hydrogen-bond acceptors (Lipinski definition) is 3. The van der Waals surface area contributed by atoms with Crippen molar-refractivity contribution in [3.05, 3.63) is 78.6 Å². The van der Waals surface area contributed by atoms with E-state index in [1.165, 1.54) is 5.56 Å². The first-order chi connectivity index (χ1) is 14.2. The smallest absolute Gasteiger partial charge is 0.139 e. The molecule has 3 heterocycles. The van der Waals surface area contributed by atoms with Crippen molar-refractivity contribution in [2.75, 3.05) is 12.4 Å². The Bertz CT molecular complexity index is 1300. The molecule has 0 saturated heterocycles. The second-order valence-electron chi connectivity index (χ2n) is 7.18. The number of fused-ring (bicyclic) bond motifs is 2. The molecule has 3 aromatic heterocycles. The van der Waals surface area contributed by atoms with Gasteiger partial charge in [-0.3, -0.25) is 0 Å². The topological polar surface area (TPSA) is 54.9 Å². The molecule has 0 aliphatic carbocycles. The maximum Gasteiger partial charge on any atom is 0.139 e. The number of hydrogen-bond donors (Lipinski definition) is 2. The van der Waals surface area contributed by atoms with Crippen LogP contribution in [0.3, 0.4) is 0 Å². The standard InChI is InChI=1S/C24H22N4O/c1-28-15-20(18-12-17(29-2)8-9-23(18)28)22-13-19-21(10-11-25-24(19)27-22)26-14-16-6-4-3-5-7-16/h3-13,15H,14H2,1-2H3,(H2,25,26,27). The van der Waals surface area contributed by atoms with Gasteiger partial charge in [-0.2, -0.15) is 0 Å². The molecule has 0 radical (unpaired) electrons. The van der Waals surface area contributed by atoms with Gasteiger partial charge < -0.3 is 19.6 Å². The maximum absolute atomic E-state index is 5.43. The van der Waals surface area contributed by atoms with Crippen molar-refractivity contribution in [1.82, 2.24) is 14.5 Å². The second-order valence-corrected chi connectivity index (χ2v) is 7.18. The summed E-state index contributed by atoms with van der Waals surface area (Å²) in [6.45, 7) is 0.770. The number of nitrogens with one attached hydrogen (secondary N) is 2. The lowest BCUT2D eigenvalue weighted by atomic mass is 10.1. The monoisotopic (exact) mass is 382 g/mol. The Morgan fingerprint density at radius 1 is 1.03 bits per heavy atom. The molecule has 5 nitrogen and oxygen atoms in total. The normalized spacial score (nSPS) is 11.2. The van der Waals surface area contributed by atoms with Crippen LogP contribution in [0.15, 0.2) is 73.1 Å². The van der Waals surface area contributed by atoms with E-state index in [0.29, 0.717) is 0 Å². The van der Waals surface area contributed by atoms with E-state index in [0.717, 1.165) is 51.2 Å². The van der Waals surface area contributed by atoms with Crippen molar-refractivity contribution in [1.29, 1.82) is 0 Å². The second kappa shape index (κ2) is 7.02. The molecule has 0 unspecified atom stereocenters. The zero-order valence-corrected chi connectivity index (χ0v) is 16.4. The molecule has 5 aromatic rings. The van der Waals surface area contributed by atoms with Gasteiger partial charge in [0.25, 0.3) is 0 Å². The van der Waals surface area contributed by atoms with Crippen molar-refractivity contribution in [2.24, 2.45) is 7.05 Å². The number of methoxy groups -OCH3 is 1. The molecule has 29 heavy (non-hydrogen) atoms. The fourth-order valence-corrected chi connectivity index (χ4v) is 3.83. The lowest BCUT2D eigenvalue weighted by Crippen LogP contribution is -1.99. The molecule has 5 heteroatoms. The lowest BCUT2D eigenvalue weighted by molar-refractivity contribution is 0.415. The van der Waals surface area contributed by atoms with E-state index < -0.39 is 0 Å². The number of H-pyrrole nitrogens is 1. The molecular formula is C24H22N4O. The summed E-state index contributed by atoms with van der Waals surface area (Å²) in [7, 11) is 3.76. The molecule has 0 saturated carbocycles. The van der Waals surface area contributed by atoms with E-state index in [1.807, 2.05) is 24.4 Å². The van der Waals surface area contributed by atoms with Crippen LogP contribution in [-0.2, 0) is 13.6 Å². The van der Waals surface area contributed by atoms with Crippen molar-refractivity contribution < 1.29 is 4.74 Å². The summed E-state index contributed by atoms with van der Waals surface area (Å²) < 4.78 is 7.57. The van der Waals surface area contributed by atoms with E-state index in [1.54, 1.807) is 7.11 Å². The van der Waals surface area contributed by atoms with Crippen LogP contribution in [0.5, 0.6) is 5.75 Å². The average molecular weight is 382 g/mol. The summed E-state index contributed by atoms with van der Waals surface area (Å²) in [5.74, 6) is 0.851. The highest BCUT2D eigenvalue weighted by atomic mass is 16.5. The first-order valence-electron chi connectivity index (χ1n) is 9.62. The molecule has 0 aliphatic rings. The molecule has 0 bridgehead atoms. The molecule has 2 N–H and O–H groups in total. The Hall–Kier alpha value is -3.73. The van der Waals surface area contributed by atoms with Gasteiger partial charge in [0.2, 0.25) is 0 Å². The van der Waals surface area contributed by atoms with E-state index >= 15 is 0 Å². The minimum Gasteiger partial charge on any atom is -0.497 e. The maximum atomic E-state index is 5.43. The molecule has 2 aromatic carbocycles. The predicted octanol–water partition coefficient (Wildman–Crippen LogP) is 5.34. The third-order valence-electron chi connectivity index (χ3n) is 5.34.